The van der Waals surface area contributed by atoms with E-state index in [0.29, 0.717) is 17.8 Å². The van der Waals surface area contributed by atoms with Gasteiger partial charge in [0.2, 0.25) is 0 Å². The fraction of sp³-hybridized carbons (Fsp3) is 0.176. The number of nitrogens with one attached hydrogen (secondary N) is 1. The number of carbonyl (C=O) groups excluding carboxylic acids is 1. The van der Waals surface area contributed by atoms with Gasteiger partial charge in [-0.2, -0.15) is 0 Å². The number of rotatable bonds is 3. The van der Waals surface area contributed by atoms with Crippen LogP contribution < -0.4 is 5.32 Å². The van der Waals surface area contributed by atoms with Gasteiger partial charge >= 0.3 is 0 Å². The first kappa shape index (κ1) is 15.7. The number of anilines is 1. The molecule has 0 aliphatic carbocycles. The van der Waals surface area contributed by atoms with Crippen LogP contribution in [0.5, 0.6) is 0 Å². The molecule has 0 aliphatic rings. The number of aromatic nitrogens is 2. The predicted molar refractivity (Wildman–Crippen MR) is 91.4 cm³/mol. The van der Waals surface area contributed by atoms with Crippen molar-refractivity contribution in [1.82, 2.24) is 9.38 Å². The van der Waals surface area contributed by atoms with E-state index in [-0.39, 0.29) is 11.6 Å². The van der Waals surface area contributed by atoms with Crippen LogP contribution in [0.3, 0.4) is 0 Å². The second kappa shape index (κ2) is 6.12. The summed E-state index contributed by atoms with van der Waals surface area (Å²) in [7, 11) is 0. The maximum absolute atomic E-state index is 13.8. The summed E-state index contributed by atoms with van der Waals surface area (Å²) in [6, 6.07) is 8.04. The summed E-state index contributed by atoms with van der Waals surface area (Å²) in [5.41, 5.74) is 2.94. The predicted octanol–water partition coefficient (Wildman–Crippen LogP) is 4.36. The Kier molecular flexibility index (Phi) is 4.17. The average molecular weight is 376 g/mol. The zero-order valence-corrected chi connectivity index (χ0v) is 14.3. The molecule has 1 amide bonds. The zero-order valence-electron chi connectivity index (χ0n) is 12.7. The molecule has 0 radical (unpaired) electrons. The minimum absolute atomic E-state index is 0.154. The van der Waals surface area contributed by atoms with Crippen molar-refractivity contribution in [2.45, 2.75) is 20.3 Å². The Morgan fingerprint density at radius 2 is 2.13 bits per heavy atom. The van der Waals surface area contributed by atoms with Crippen molar-refractivity contribution in [2.24, 2.45) is 0 Å². The highest BCUT2D eigenvalue weighted by Gasteiger charge is 2.20. The highest BCUT2D eigenvalue weighted by atomic mass is 79.9. The Morgan fingerprint density at radius 3 is 2.83 bits per heavy atom. The van der Waals surface area contributed by atoms with Gasteiger partial charge in [0.05, 0.1) is 11.4 Å². The number of aryl methyl sites for hydroxylation is 2. The number of halogens is 2. The SMILES string of the molecule is CCc1nc2c(C)cc(Br)cn2c1C(=O)Nc1ccccc1F. The largest absolute Gasteiger partial charge is 0.318 e. The number of hydrogen-bond acceptors (Lipinski definition) is 2. The quantitative estimate of drug-likeness (QED) is 0.739. The van der Waals surface area contributed by atoms with Crippen molar-refractivity contribution >= 4 is 33.2 Å². The molecule has 1 aromatic carbocycles. The van der Waals surface area contributed by atoms with Crippen LogP contribution in [-0.4, -0.2) is 15.3 Å². The summed E-state index contributed by atoms with van der Waals surface area (Å²) in [5.74, 6) is -0.845. The van der Waals surface area contributed by atoms with Gasteiger partial charge in [0.15, 0.2) is 0 Å². The zero-order chi connectivity index (χ0) is 16.6. The summed E-state index contributed by atoms with van der Waals surface area (Å²) >= 11 is 3.44. The van der Waals surface area contributed by atoms with Gasteiger partial charge in [-0.1, -0.05) is 19.1 Å². The van der Waals surface area contributed by atoms with E-state index in [4.69, 9.17) is 0 Å². The smallest absolute Gasteiger partial charge is 0.274 e. The van der Waals surface area contributed by atoms with Crippen molar-refractivity contribution in [1.29, 1.82) is 0 Å². The van der Waals surface area contributed by atoms with Gasteiger partial charge in [-0.3, -0.25) is 9.20 Å². The second-order valence-electron chi connectivity index (χ2n) is 5.23. The first-order chi connectivity index (χ1) is 11.0. The Labute approximate surface area is 141 Å². The van der Waals surface area contributed by atoms with Crippen molar-refractivity contribution in [3.8, 4) is 0 Å². The highest BCUT2D eigenvalue weighted by molar-refractivity contribution is 9.10. The molecule has 6 heteroatoms. The van der Waals surface area contributed by atoms with Crippen LogP contribution in [0.15, 0.2) is 41.0 Å². The van der Waals surface area contributed by atoms with Crippen LogP contribution in [-0.2, 0) is 6.42 Å². The monoisotopic (exact) mass is 375 g/mol. The van der Waals surface area contributed by atoms with E-state index >= 15 is 0 Å². The van der Waals surface area contributed by atoms with Crippen LogP contribution >= 0.6 is 15.9 Å². The Morgan fingerprint density at radius 1 is 1.39 bits per heavy atom. The fourth-order valence-electron chi connectivity index (χ4n) is 2.55. The van der Waals surface area contributed by atoms with Gasteiger partial charge in [-0.05, 0) is 53.0 Å². The molecule has 0 bridgehead atoms. The molecule has 0 aliphatic heterocycles. The third kappa shape index (κ3) is 2.86. The van der Waals surface area contributed by atoms with E-state index in [1.165, 1.54) is 12.1 Å². The molecule has 0 spiro atoms. The van der Waals surface area contributed by atoms with Crippen molar-refractivity contribution in [3.63, 3.8) is 0 Å². The number of para-hydroxylation sites is 1. The summed E-state index contributed by atoms with van der Waals surface area (Å²) in [6.45, 7) is 3.87. The van der Waals surface area contributed by atoms with Crippen LogP contribution in [0.2, 0.25) is 0 Å². The molecule has 1 N–H and O–H groups in total. The van der Waals surface area contributed by atoms with Crippen LogP contribution in [0, 0.1) is 12.7 Å². The van der Waals surface area contributed by atoms with Crippen LogP contribution in [0.1, 0.15) is 28.7 Å². The summed E-state index contributed by atoms with van der Waals surface area (Å²) < 4.78 is 16.4. The number of benzene rings is 1. The van der Waals surface area contributed by atoms with Gasteiger partial charge in [-0.15, -0.1) is 0 Å². The van der Waals surface area contributed by atoms with Gasteiger partial charge in [0.1, 0.15) is 17.2 Å². The maximum Gasteiger partial charge on any atom is 0.274 e. The summed E-state index contributed by atoms with van der Waals surface area (Å²) in [5, 5.41) is 2.63. The maximum atomic E-state index is 13.8. The number of fused-ring (bicyclic) bond motifs is 1. The standard InChI is InChI=1S/C17H15BrFN3O/c1-3-13-15(17(23)21-14-7-5-4-6-12(14)19)22-9-11(18)8-10(2)16(22)20-13/h4-9H,3H2,1-2H3,(H,21,23). The van der Waals surface area contributed by atoms with Crippen LogP contribution in [0.4, 0.5) is 10.1 Å². The van der Waals surface area contributed by atoms with Crippen LogP contribution in [0.25, 0.3) is 5.65 Å². The number of hydrogen-bond donors (Lipinski definition) is 1. The molecular weight excluding hydrogens is 361 g/mol. The molecule has 0 fully saturated rings. The number of amides is 1. The van der Waals surface area contributed by atoms with E-state index < -0.39 is 5.82 Å². The van der Waals surface area contributed by atoms with Crippen molar-refractivity contribution < 1.29 is 9.18 Å². The van der Waals surface area contributed by atoms with E-state index in [2.05, 4.69) is 26.2 Å². The molecule has 4 nitrogen and oxygen atoms in total. The summed E-state index contributed by atoms with van der Waals surface area (Å²) in [6.07, 6.45) is 2.41. The topological polar surface area (TPSA) is 46.4 Å². The molecule has 118 valence electrons. The molecule has 2 heterocycles. The van der Waals surface area contributed by atoms with E-state index in [1.54, 1.807) is 22.7 Å². The molecule has 0 saturated carbocycles. The third-order valence-corrected chi connectivity index (χ3v) is 4.05. The van der Waals surface area contributed by atoms with E-state index in [0.717, 1.165) is 15.7 Å². The minimum atomic E-state index is -0.468. The molecule has 3 rings (SSSR count). The van der Waals surface area contributed by atoms with Gasteiger partial charge in [0, 0.05) is 10.7 Å². The van der Waals surface area contributed by atoms with E-state index in [1.807, 2.05) is 19.9 Å². The van der Waals surface area contributed by atoms with Gasteiger partial charge in [-0.25, -0.2) is 9.37 Å². The number of carbonyl (C=O) groups is 1. The molecular formula is C17H15BrFN3O. The molecule has 0 saturated heterocycles. The highest BCUT2D eigenvalue weighted by Crippen LogP contribution is 2.22. The molecule has 23 heavy (non-hydrogen) atoms. The first-order valence-corrected chi connectivity index (χ1v) is 8.03. The fourth-order valence-corrected chi connectivity index (χ4v) is 3.09. The lowest BCUT2D eigenvalue weighted by Crippen LogP contribution is -2.17. The molecule has 0 atom stereocenters. The number of pyridine rings is 1. The van der Waals surface area contributed by atoms with Crippen molar-refractivity contribution in [3.05, 3.63) is 63.8 Å². The Bertz CT molecular complexity index is 904. The molecule has 2 aromatic heterocycles. The van der Waals surface area contributed by atoms with Gasteiger partial charge in [0.25, 0.3) is 5.91 Å². The lowest BCUT2D eigenvalue weighted by molar-refractivity contribution is 0.102. The van der Waals surface area contributed by atoms with Crippen molar-refractivity contribution in [2.75, 3.05) is 5.32 Å². The van der Waals surface area contributed by atoms with E-state index in [9.17, 15) is 9.18 Å². The Balaban J connectivity index is 2.11. The average Bonchev–Trinajstić information content (AvgIpc) is 2.88. The lowest BCUT2D eigenvalue weighted by Gasteiger charge is -2.08. The second-order valence-corrected chi connectivity index (χ2v) is 6.15. The first-order valence-electron chi connectivity index (χ1n) is 7.24. The number of nitrogens with zero attached hydrogens (tertiary/aromatic N) is 2. The summed E-state index contributed by atoms with van der Waals surface area (Å²) in [4.78, 5) is 17.2. The van der Waals surface area contributed by atoms with Gasteiger partial charge < -0.3 is 5.32 Å². The number of imidazole rings is 1. The third-order valence-electron chi connectivity index (χ3n) is 3.61. The minimum Gasteiger partial charge on any atom is -0.318 e. The lowest BCUT2D eigenvalue weighted by atomic mass is 10.2. The molecule has 3 aromatic rings. The molecule has 0 unspecified atom stereocenters. The normalized spacial score (nSPS) is 11.0. The Hall–Kier alpha value is -2.21.